The first-order valence-electron chi connectivity index (χ1n) is 7.98. The van der Waals surface area contributed by atoms with Crippen molar-refractivity contribution in [2.75, 3.05) is 5.32 Å². The number of hydrogen-bond donors (Lipinski definition) is 2. The third-order valence-corrected chi connectivity index (χ3v) is 5.01. The van der Waals surface area contributed by atoms with Crippen molar-refractivity contribution in [2.45, 2.75) is 0 Å². The Kier molecular flexibility index (Phi) is 3.32. The molecule has 26 heavy (non-hydrogen) atoms. The van der Waals surface area contributed by atoms with Crippen LogP contribution in [0.5, 0.6) is 0 Å². The fraction of sp³-hybridized carbons (Fsp3) is 0. The molecule has 0 fully saturated rings. The van der Waals surface area contributed by atoms with Crippen molar-refractivity contribution in [3.63, 3.8) is 0 Å². The van der Waals surface area contributed by atoms with E-state index in [1.807, 2.05) is 48.5 Å². The molecule has 0 aliphatic rings. The number of thiazole rings is 1. The summed E-state index contributed by atoms with van der Waals surface area (Å²) in [5.74, 6) is 0.797. The Morgan fingerprint density at radius 3 is 2.62 bits per heavy atom. The summed E-state index contributed by atoms with van der Waals surface area (Å²) in [5, 5.41) is 3.47. The molecule has 3 aromatic heterocycles. The molecule has 0 atom stereocenters. The molecule has 0 spiro atoms. The first kappa shape index (κ1) is 14.9. The molecule has 0 aliphatic carbocycles. The molecule has 0 unspecified atom stereocenters. The smallest absolute Gasteiger partial charge is 0.293 e. The number of anilines is 1. The molecule has 0 aliphatic heterocycles. The number of imidazole rings is 1. The van der Waals surface area contributed by atoms with E-state index < -0.39 is 0 Å². The Bertz CT molecular complexity index is 1180. The maximum absolute atomic E-state index is 12.4. The van der Waals surface area contributed by atoms with Crippen molar-refractivity contribution in [2.24, 2.45) is 0 Å². The SMILES string of the molecule is O=C(Nc1nc2ccccc2[nH]1)c1ccc(-c2nc3ccccc3s2)o1. The van der Waals surface area contributed by atoms with E-state index in [9.17, 15) is 4.79 Å². The molecule has 5 rings (SSSR count). The van der Waals surface area contributed by atoms with Gasteiger partial charge in [0.2, 0.25) is 5.95 Å². The van der Waals surface area contributed by atoms with E-state index in [1.54, 1.807) is 12.1 Å². The number of hydrogen-bond acceptors (Lipinski definition) is 5. The Balaban J connectivity index is 1.41. The minimum absolute atomic E-state index is 0.208. The molecule has 0 saturated carbocycles. The Morgan fingerprint density at radius 2 is 1.77 bits per heavy atom. The Morgan fingerprint density at radius 1 is 0.962 bits per heavy atom. The van der Waals surface area contributed by atoms with Crippen molar-refractivity contribution < 1.29 is 9.21 Å². The van der Waals surface area contributed by atoms with Crippen LogP contribution in [0.3, 0.4) is 0 Å². The highest BCUT2D eigenvalue weighted by Crippen LogP contribution is 2.31. The minimum atomic E-state index is -0.364. The molecule has 6 nitrogen and oxygen atoms in total. The van der Waals surface area contributed by atoms with Gasteiger partial charge in [-0.3, -0.25) is 10.1 Å². The van der Waals surface area contributed by atoms with Crippen LogP contribution in [0.4, 0.5) is 5.95 Å². The lowest BCUT2D eigenvalue weighted by molar-refractivity contribution is 0.0996. The summed E-state index contributed by atoms with van der Waals surface area (Å²) in [6.45, 7) is 0. The molecule has 5 aromatic rings. The Labute approximate surface area is 151 Å². The van der Waals surface area contributed by atoms with Crippen molar-refractivity contribution in [1.82, 2.24) is 15.0 Å². The summed E-state index contributed by atoms with van der Waals surface area (Å²) in [6.07, 6.45) is 0. The molecule has 2 N–H and O–H groups in total. The van der Waals surface area contributed by atoms with Crippen LogP contribution in [0.25, 0.3) is 32.0 Å². The van der Waals surface area contributed by atoms with Gasteiger partial charge in [-0.15, -0.1) is 11.3 Å². The molecule has 0 saturated heterocycles. The number of nitrogens with one attached hydrogen (secondary N) is 2. The normalized spacial score (nSPS) is 11.2. The van der Waals surface area contributed by atoms with Crippen molar-refractivity contribution in [3.8, 4) is 10.8 Å². The van der Waals surface area contributed by atoms with Crippen LogP contribution in [0.2, 0.25) is 0 Å². The number of carbonyl (C=O) groups is 1. The second-order valence-electron chi connectivity index (χ2n) is 5.71. The largest absolute Gasteiger partial charge is 0.448 e. The van der Waals surface area contributed by atoms with Gasteiger partial charge in [0.15, 0.2) is 16.5 Å². The number of aromatic amines is 1. The van der Waals surface area contributed by atoms with E-state index in [4.69, 9.17) is 4.42 Å². The van der Waals surface area contributed by atoms with E-state index in [1.165, 1.54) is 11.3 Å². The molecular weight excluding hydrogens is 348 g/mol. The van der Waals surface area contributed by atoms with Gasteiger partial charge in [0.1, 0.15) is 0 Å². The summed E-state index contributed by atoms with van der Waals surface area (Å²) >= 11 is 1.53. The second-order valence-corrected chi connectivity index (χ2v) is 6.74. The number of amides is 1. The summed E-state index contributed by atoms with van der Waals surface area (Å²) in [4.78, 5) is 24.4. The van der Waals surface area contributed by atoms with E-state index in [-0.39, 0.29) is 11.7 Å². The third kappa shape index (κ3) is 2.55. The lowest BCUT2D eigenvalue weighted by Crippen LogP contribution is -2.11. The number of fused-ring (bicyclic) bond motifs is 2. The van der Waals surface area contributed by atoms with Gasteiger partial charge in [0.25, 0.3) is 5.91 Å². The lowest BCUT2D eigenvalue weighted by Gasteiger charge is -1.97. The molecule has 3 heterocycles. The van der Waals surface area contributed by atoms with Gasteiger partial charge < -0.3 is 9.40 Å². The van der Waals surface area contributed by atoms with Gasteiger partial charge in [0, 0.05) is 0 Å². The number of carbonyl (C=O) groups excluding carboxylic acids is 1. The topological polar surface area (TPSA) is 83.8 Å². The average molecular weight is 360 g/mol. The van der Waals surface area contributed by atoms with Gasteiger partial charge in [-0.05, 0) is 36.4 Å². The van der Waals surface area contributed by atoms with Crippen LogP contribution in [0, 0.1) is 0 Å². The zero-order valence-corrected chi connectivity index (χ0v) is 14.2. The van der Waals surface area contributed by atoms with Crippen LogP contribution < -0.4 is 5.32 Å². The molecule has 7 heteroatoms. The van der Waals surface area contributed by atoms with Crippen LogP contribution in [-0.4, -0.2) is 20.9 Å². The van der Waals surface area contributed by atoms with Gasteiger partial charge >= 0.3 is 0 Å². The number of H-pyrrole nitrogens is 1. The predicted molar refractivity (Wildman–Crippen MR) is 101 cm³/mol. The van der Waals surface area contributed by atoms with Crippen LogP contribution in [0.1, 0.15) is 10.6 Å². The van der Waals surface area contributed by atoms with Crippen molar-refractivity contribution >= 4 is 44.4 Å². The fourth-order valence-corrected chi connectivity index (χ4v) is 3.66. The third-order valence-electron chi connectivity index (χ3n) is 3.96. The summed E-state index contributed by atoms with van der Waals surface area (Å²) in [7, 11) is 0. The molecule has 0 bridgehead atoms. The Hall–Kier alpha value is -3.45. The van der Waals surface area contributed by atoms with Gasteiger partial charge in [-0.2, -0.15) is 0 Å². The predicted octanol–water partition coefficient (Wildman–Crippen LogP) is 4.68. The van der Waals surface area contributed by atoms with Crippen molar-refractivity contribution in [3.05, 3.63) is 66.4 Å². The van der Waals surface area contributed by atoms with Crippen LogP contribution in [-0.2, 0) is 0 Å². The zero-order valence-electron chi connectivity index (χ0n) is 13.4. The first-order chi connectivity index (χ1) is 12.8. The zero-order chi connectivity index (χ0) is 17.5. The first-order valence-corrected chi connectivity index (χ1v) is 8.80. The number of para-hydroxylation sites is 3. The highest BCUT2D eigenvalue weighted by Gasteiger charge is 2.16. The highest BCUT2D eigenvalue weighted by atomic mass is 32.1. The molecule has 0 radical (unpaired) electrons. The summed E-state index contributed by atoms with van der Waals surface area (Å²) in [6, 6.07) is 18.8. The molecule has 126 valence electrons. The number of aromatic nitrogens is 3. The number of rotatable bonds is 3. The number of benzene rings is 2. The number of furan rings is 1. The van der Waals surface area contributed by atoms with Crippen LogP contribution >= 0.6 is 11.3 Å². The summed E-state index contributed by atoms with van der Waals surface area (Å²) in [5.41, 5.74) is 2.56. The number of nitrogens with zero attached hydrogens (tertiary/aromatic N) is 2. The van der Waals surface area contributed by atoms with E-state index >= 15 is 0 Å². The fourth-order valence-electron chi connectivity index (χ4n) is 2.73. The maximum Gasteiger partial charge on any atom is 0.293 e. The maximum atomic E-state index is 12.4. The monoisotopic (exact) mass is 360 g/mol. The second kappa shape index (κ2) is 5.82. The lowest BCUT2D eigenvalue weighted by atomic mass is 10.3. The van der Waals surface area contributed by atoms with Gasteiger partial charge in [0.05, 0.1) is 21.3 Å². The quantitative estimate of drug-likeness (QED) is 0.489. The standard InChI is InChI=1S/C19H12N4O2S/c24-17(23-19-21-11-5-1-2-6-12(11)22-19)14-9-10-15(25-14)18-20-13-7-3-4-8-16(13)26-18/h1-10H,(H2,21,22,23,24). The van der Waals surface area contributed by atoms with Gasteiger partial charge in [-0.25, -0.2) is 9.97 Å². The van der Waals surface area contributed by atoms with Gasteiger partial charge in [-0.1, -0.05) is 24.3 Å². The van der Waals surface area contributed by atoms with Crippen molar-refractivity contribution in [1.29, 1.82) is 0 Å². The molecule has 1 amide bonds. The minimum Gasteiger partial charge on any atom is -0.448 e. The van der Waals surface area contributed by atoms with E-state index in [2.05, 4.69) is 20.3 Å². The van der Waals surface area contributed by atoms with E-state index in [0.29, 0.717) is 11.7 Å². The van der Waals surface area contributed by atoms with E-state index in [0.717, 1.165) is 26.3 Å². The highest BCUT2D eigenvalue weighted by molar-refractivity contribution is 7.21. The molecular formula is C19H12N4O2S. The summed E-state index contributed by atoms with van der Waals surface area (Å²) < 4.78 is 6.78. The van der Waals surface area contributed by atoms with Crippen LogP contribution in [0.15, 0.2) is 65.1 Å². The molecule has 2 aromatic carbocycles. The average Bonchev–Trinajstić information content (AvgIpc) is 3.37.